The number of amides is 1. The maximum Gasteiger partial charge on any atom is 0.313 e. The molecule has 1 heterocycles. The van der Waals surface area contributed by atoms with E-state index < -0.39 is 5.97 Å². The molecule has 0 aliphatic carbocycles. The zero-order valence-electron chi connectivity index (χ0n) is 8.86. The average Bonchev–Trinajstić information content (AvgIpc) is 2.63. The number of nitrogens with one attached hydrogen (secondary N) is 1. The fraction of sp³-hybridized carbons (Fsp3) is 0.400. The number of aryl methyl sites for hydroxylation is 1. The van der Waals surface area contributed by atoms with Crippen LogP contribution >= 0.6 is 23.1 Å². The van der Waals surface area contributed by atoms with Crippen LogP contribution < -0.4 is 5.32 Å². The number of rotatable bonds is 6. The van der Waals surface area contributed by atoms with E-state index in [1.54, 1.807) is 6.07 Å². The molecular formula is C10H13NO3S2. The molecule has 16 heavy (non-hydrogen) atoms. The minimum Gasteiger partial charge on any atom is -0.481 e. The third kappa shape index (κ3) is 4.67. The molecule has 2 N–H and O–H groups in total. The number of hydrogen-bond donors (Lipinski definition) is 2. The van der Waals surface area contributed by atoms with E-state index in [1.807, 2.05) is 13.0 Å². The summed E-state index contributed by atoms with van der Waals surface area (Å²) in [4.78, 5) is 23.5. The lowest BCUT2D eigenvalue weighted by Gasteiger charge is -2.02. The Morgan fingerprint density at radius 1 is 1.50 bits per heavy atom. The van der Waals surface area contributed by atoms with Gasteiger partial charge in [-0.3, -0.25) is 9.59 Å². The molecule has 0 fully saturated rings. The van der Waals surface area contributed by atoms with Gasteiger partial charge in [0.25, 0.3) is 5.91 Å². The summed E-state index contributed by atoms with van der Waals surface area (Å²) in [5.74, 6) is -0.227. The number of carbonyl (C=O) groups is 2. The van der Waals surface area contributed by atoms with Crippen molar-refractivity contribution >= 4 is 35.0 Å². The quantitative estimate of drug-likeness (QED) is 0.762. The van der Waals surface area contributed by atoms with Gasteiger partial charge in [0.1, 0.15) is 0 Å². The van der Waals surface area contributed by atoms with E-state index >= 15 is 0 Å². The summed E-state index contributed by atoms with van der Waals surface area (Å²) < 4.78 is 0. The highest BCUT2D eigenvalue weighted by molar-refractivity contribution is 7.99. The highest BCUT2D eigenvalue weighted by Crippen LogP contribution is 2.14. The number of carboxylic acid groups (broad SMARTS) is 1. The Balaban J connectivity index is 2.18. The number of thiophene rings is 1. The average molecular weight is 259 g/mol. The SMILES string of the molecule is Cc1ccc(C(=O)NCCSCC(=O)O)s1. The lowest BCUT2D eigenvalue weighted by Crippen LogP contribution is -2.25. The van der Waals surface area contributed by atoms with Gasteiger partial charge in [-0.1, -0.05) is 0 Å². The van der Waals surface area contributed by atoms with Crippen molar-refractivity contribution in [1.29, 1.82) is 0 Å². The van der Waals surface area contributed by atoms with Crippen LogP contribution in [-0.2, 0) is 4.79 Å². The second-order valence-electron chi connectivity index (χ2n) is 3.11. The monoisotopic (exact) mass is 259 g/mol. The minimum absolute atomic E-state index is 0.0774. The summed E-state index contributed by atoms with van der Waals surface area (Å²) in [5.41, 5.74) is 0. The minimum atomic E-state index is -0.829. The van der Waals surface area contributed by atoms with Crippen LogP contribution in [0.15, 0.2) is 12.1 Å². The van der Waals surface area contributed by atoms with E-state index in [4.69, 9.17) is 5.11 Å². The highest BCUT2D eigenvalue weighted by atomic mass is 32.2. The van der Waals surface area contributed by atoms with E-state index in [0.29, 0.717) is 17.2 Å². The number of aliphatic carboxylic acids is 1. The van der Waals surface area contributed by atoms with Crippen molar-refractivity contribution in [3.63, 3.8) is 0 Å². The lowest BCUT2D eigenvalue weighted by molar-refractivity contribution is -0.133. The molecule has 1 rings (SSSR count). The molecule has 88 valence electrons. The molecule has 6 heteroatoms. The van der Waals surface area contributed by atoms with Crippen molar-refractivity contribution in [2.24, 2.45) is 0 Å². The third-order valence-corrected chi connectivity index (χ3v) is 3.66. The number of thioether (sulfide) groups is 1. The van der Waals surface area contributed by atoms with E-state index in [-0.39, 0.29) is 11.7 Å². The molecule has 1 aromatic rings. The van der Waals surface area contributed by atoms with Gasteiger partial charge in [-0.05, 0) is 19.1 Å². The van der Waals surface area contributed by atoms with Gasteiger partial charge in [-0.25, -0.2) is 0 Å². The van der Waals surface area contributed by atoms with Gasteiger partial charge < -0.3 is 10.4 Å². The van der Waals surface area contributed by atoms with Crippen LogP contribution in [0.1, 0.15) is 14.5 Å². The number of carboxylic acids is 1. The zero-order chi connectivity index (χ0) is 12.0. The molecule has 1 aromatic heterocycles. The molecule has 1 amide bonds. The van der Waals surface area contributed by atoms with Crippen LogP contribution in [0.2, 0.25) is 0 Å². The molecule has 0 aromatic carbocycles. The van der Waals surface area contributed by atoms with Gasteiger partial charge >= 0.3 is 5.97 Å². The fourth-order valence-electron chi connectivity index (χ4n) is 1.04. The summed E-state index contributed by atoms with van der Waals surface area (Å²) in [6, 6.07) is 3.69. The Labute approximate surface area is 102 Å². The fourth-order valence-corrected chi connectivity index (χ4v) is 2.39. The van der Waals surface area contributed by atoms with Crippen molar-refractivity contribution in [3.05, 3.63) is 21.9 Å². The molecule has 4 nitrogen and oxygen atoms in total. The highest BCUT2D eigenvalue weighted by Gasteiger charge is 2.06. The van der Waals surface area contributed by atoms with Crippen LogP contribution in [0.3, 0.4) is 0 Å². The normalized spacial score (nSPS) is 10.1. The lowest BCUT2D eigenvalue weighted by atomic mass is 10.4. The van der Waals surface area contributed by atoms with E-state index in [0.717, 1.165) is 4.88 Å². The molecule has 0 aliphatic heterocycles. The van der Waals surface area contributed by atoms with Crippen molar-refractivity contribution in [1.82, 2.24) is 5.32 Å². The molecule has 0 radical (unpaired) electrons. The molecule has 0 saturated heterocycles. The Morgan fingerprint density at radius 2 is 2.25 bits per heavy atom. The summed E-state index contributed by atoms with van der Waals surface area (Å²) in [6.45, 7) is 2.44. The second kappa shape index (κ2) is 6.55. The zero-order valence-corrected chi connectivity index (χ0v) is 10.5. The molecule has 0 aliphatic rings. The van der Waals surface area contributed by atoms with Gasteiger partial charge in [0.2, 0.25) is 0 Å². The predicted molar refractivity (Wildman–Crippen MR) is 66.4 cm³/mol. The molecule has 0 spiro atoms. The number of hydrogen-bond acceptors (Lipinski definition) is 4. The van der Waals surface area contributed by atoms with Crippen molar-refractivity contribution in [3.8, 4) is 0 Å². The maximum atomic E-state index is 11.5. The van der Waals surface area contributed by atoms with E-state index in [9.17, 15) is 9.59 Å². The van der Waals surface area contributed by atoms with E-state index in [2.05, 4.69) is 5.32 Å². The van der Waals surface area contributed by atoms with Gasteiger partial charge in [-0.15, -0.1) is 23.1 Å². The molecule has 0 atom stereocenters. The molecule has 0 unspecified atom stereocenters. The largest absolute Gasteiger partial charge is 0.481 e. The van der Waals surface area contributed by atoms with E-state index in [1.165, 1.54) is 23.1 Å². The van der Waals surface area contributed by atoms with Crippen LogP contribution in [0, 0.1) is 6.92 Å². The van der Waals surface area contributed by atoms with Crippen molar-refractivity contribution in [2.75, 3.05) is 18.1 Å². The molecular weight excluding hydrogens is 246 g/mol. The van der Waals surface area contributed by atoms with Crippen molar-refractivity contribution in [2.45, 2.75) is 6.92 Å². The first-order valence-electron chi connectivity index (χ1n) is 4.74. The Hall–Kier alpha value is -1.01. The predicted octanol–water partition coefficient (Wildman–Crippen LogP) is 1.60. The first kappa shape index (κ1) is 13.1. The molecule has 0 bridgehead atoms. The van der Waals surface area contributed by atoms with Crippen LogP contribution in [0.4, 0.5) is 0 Å². The van der Waals surface area contributed by atoms with Crippen LogP contribution in [-0.4, -0.2) is 35.0 Å². The van der Waals surface area contributed by atoms with Gasteiger partial charge in [-0.2, -0.15) is 0 Å². The number of carbonyl (C=O) groups excluding carboxylic acids is 1. The third-order valence-electron chi connectivity index (χ3n) is 1.72. The summed E-state index contributed by atoms with van der Waals surface area (Å²) in [6.07, 6.45) is 0. The van der Waals surface area contributed by atoms with Gasteiger partial charge in [0.15, 0.2) is 0 Å². The van der Waals surface area contributed by atoms with Crippen LogP contribution in [0.25, 0.3) is 0 Å². The smallest absolute Gasteiger partial charge is 0.313 e. The summed E-state index contributed by atoms with van der Waals surface area (Å²) in [5, 5.41) is 11.1. The van der Waals surface area contributed by atoms with Crippen molar-refractivity contribution < 1.29 is 14.7 Å². The summed E-state index contributed by atoms with van der Waals surface area (Å²) >= 11 is 2.74. The van der Waals surface area contributed by atoms with Gasteiger partial charge in [0.05, 0.1) is 10.6 Å². The maximum absolute atomic E-state index is 11.5. The van der Waals surface area contributed by atoms with Gasteiger partial charge in [0, 0.05) is 17.2 Å². The Morgan fingerprint density at radius 3 is 2.81 bits per heavy atom. The topological polar surface area (TPSA) is 66.4 Å². The first-order valence-corrected chi connectivity index (χ1v) is 6.71. The van der Waals surface area contributed by atoms with Crippen LogP contribution in [0.5, 0.6) is 0 Å². The Bertz CT molecular complexity index is 376. The molecule has 0 saturated carbocycles. The summed E-state index contributed by atoms with van der Waals surface area (Å²) in [7, 11) is 0. The standard InChI is InChI=1S/C10H13NO3S2/c1-7-2-3-8(16-7)10(14)11-4-5-15-6-9(12)13/h2-3H,4-6H2,1H3,(H,11,14)(H,12,13). The first-order chi connectivity index (χ1) is 7.59. The second-order valence-corrected chi connectivity index (χ2v) is 5.51. The Kier molecular flexibility index (Phi) is 5.34.